The minimum atomic E-state index is 0.349. The first-order chi connectivity index (χ1) is 9.61. The lowest BCUT2D eigenvalue weighted by Gasteiger charge is -2.11. The number of hydrogen-bond acceptors (Lipinski definition) is 2. The van der Waals surface area contributed by atoms with Gasteiger partial charge in [-0.15, -0.1) is 11.6 Å². The number of nitrogens with zero attached hydrogens (tertiary/aromatic N) is 3. The fourth-order valence-corrected chi connectivity index (χ4v) is 2.81. The van der Waals surface area contributed by atoms with E-state index < -0.39 is 0 Å². The zero-order chi connectivity index (χ0) is 14.3. The van der Waals surface area contributed by atoms with Crippen LogP contribution in [0.4, 0.5) is 0 Å². The summed E-state index contributed by atoms with van der Waals surface area (Å²) in [6.45, 7) is 4.05. The van der Waals surface area contributed by atoms with Crippen LogP contribution in [0.2, 0.25) is 0 Å². The van der Waals surface area contributed by atoms with Gasteiger partial charge in [0.25, 0.3) is 0 Å². The first-order valence-electron chi connectivity index (χ1n) is 6.28. The van der Waals surface area contributed by atoms with Crippen molar-refractivity contribution in [1.29, 1.82) is 0 Å². The zero-order valence-corrected chi connectivity index (χ0v) is 13.5. The number of hydrogen-bond donors (Lipinski definition) is 0. The van der Waals surface area contributed by atoms with Crippen molar-refractivity contribution < 1.29 is 0 Å². The van der Waals surface area contributed by atoms with Gasteiger partial charge >= 0.3 is 0 Å². The Morgan fingerprint density at radius 2 is 1.95 bits per heavy atom. The van der Waals surface area contributed by atoms with E-state index in [9.17, 15) is 0 Å². The van der Waals surface area contributed by atoms with Crippen molar-refractivity contribution in [2.45, 2.75) is 19.7 Å². The van der Waals surface area contributed by atoms with Crippen molar-refractivity contribution in [2.24, 2.45) is 0 Å². The molecule has 3 rings (SSSR count). The predicted molar refractivity (Wildman–Crippen MR) is 85.6 cm³/mol. The average molecular weight is 351 g/mol. The molecule has 0 saturated heterocycles. The fourth-order valence-electron chi connectivity index (χ4n) is 2.28. The van der Waals surface area contributed by atoms with Crippen LogP contribution in [0.5, 0.6) is 0 Å². The van der Waals surface area contributed by atoms with Crippen LogP contribution >= 0.6 is 27.5 Å². The molecule has 0 radical (unpaired) electrons. The van der Waals surface area contributed by atoms with Crippen LogP contribution in [0.15, 0.2) is 34.8 Å². The second-order valence-electron chi connectivity index (χ2n) is 4.68. The van der Waals surface area contributed by atoms with Crippen LogP contribution in [0.1, 0.15) is 17.1 Å². The van der Waals surface area contributed by atoms with Gasteiger partial charge < -0.3 is 0 Å². The molecule has 0 atom stereocenters. The molecule has 0 fully saturated rings. The van der Waals surface area contributed by atoms with Gasteiger partial charge in [0.15, 0.2) is 5.65 Å². The van der Waals surface area contributed by atoms with Gasteiger partial charge in [-0.3, -0.25) is 4.57 Å². The third-order valence-electron chi connectivity index (χ3n) is 3.31. The van der Waals surface area contributed by atoms with E-state index in [0.29, 0.717) is 5.88 Å². The highest BCUT2D eigenvalue weighted by atomic mass is 79.9. The summed E-state index contributed by atoms with van der Waals surface area (Å²) < 4.78 is 3.10. The largest absolute Gasteiger partial charge is 0.279 e. The normalized spacial score (nSPS) is 11.2. The van der Waals surface area contributed by atoms with Crippen molar-refractivity contribution in [2.75, 3.05) is 0 Å². The lowest BCUT2D eigenvalue weighted by Crippen LogP contribution is -2.03. The van der Waals surface area contributed by atoms with E-state index in [1.165, 1.54) is 0 Å². The average Bonchev–Trinajstić information content (AvgIpc) is 2.79. The van der Waals surface area contributed by atoms with Crippen molar-refractivity contribution in [3.8, 4) is 5.69 Å². The molecule has 2 heterocycles. The molecule has 5 heteroatoms. The Hall–Kier alpha value is -1.39. The van der Waals surface area contributed by atoms with Gasteiger partial charge in [0.1, 0.15) is 11.3 Å². The minimum absolute atomic E-state index is 0.349. The molecule has 0 unspecified atom stereocenters. The summed E-state index contributed by atoms with van der Waals surface area (Å²) >= 11 is 9.63. The van der Waals surface area contributed by atoms with Crippen LogP contribution < -0.4 is 0 Å². The lowest BCUT2D eigenvalue weighted by molar-refractivity contribution is 0.956. The summed E-state index contributed by atoms with van der Waals surface area (Å²) in [6, 6.07) is 10.0. The Morgan fingerprint density at radius 1 is 1.15 bits per heavy atom. The van der Waals surface area contributed by atoms with E-state index in [1.54, 1.807) is 0 Å². The van der Waals surface area contributed by atoms with Crippen LogP contribution in [0.3, 0.4) is 0 Å². The summed E-state index contributed by atoms with van der Waals surface area (Å²) in [7, 11) is 0. The second-order valence-corrected chi connectivity index (χ2v) is 5.80. The molecule has 0 spiro atoms. The molecular formula is C15H13BrClN3. The van der Waals surface area contributed by atoms with E-state index in [2.05, 4.69) is 38.9 Å². The molecule has 1 aromatic carbocycles. The fraction of sp³-hybridized carbons (Fsp3) is 0.200. The van der Waals surface area contributed by atoms with E-state index in [4.69, 9.17) is 11.6 Å². The van der Waals surface area contributed by atoms with E-state index in [1.807, 2.05) is 35.8 Å². The maximum Gasteiger partial charge on any atom is 0.164 e. The molecule has 0 aliphatic heterocycles. The highest BCUT2D eigenvalue weighted by Crippen LogP contribution is 2.27. The SMILES string of the molecule is Cc1ccc2nc(CCl)n(-c3cccc(Br)c3C)c2n1. The number of pyridine rings is 1. The first kappa shape index (κ1) is 13.6. The highest BCUT2D eigenvalue weighted by Gasteiger charge is 2.15. The third-order valence-corrected chi connectivity index (χ3v) is 4.41. The summed E-state index contributed by atoms with van der Waals surface area (Å²) in [5.74, 6) is 1.16. The van der Waals surface area contributed by atoms with Crippen molar-refractivity contribution in [1.82, 2.24) is 14.5 Å². The van der Waals surface area contributed by atoms with Crippen LogP contribution in [0, 0.1) is 13.8 Å². The Morgan fingerprint density at radius 3 is 2.70 bits per heavy atom. The molecule has 0 aliphatic carbocycles. The highest BCUT2D eigenvalue weighted by molar-refractivity contribution is 9.10. The van der Waals surface area contributed by atoms with Gasteiger partial charge in [-0.1, -0.05) is 22.0 Å². The molecule has 0 saturated carbocycles. The topological polar surface area (TPSA) is 30.7 Å². The molecule has 0 amide bonds. The second kappa shape index (κ2) is 5.19. The standard InChI is InChI=1S/C15H13BrClN3/c1-9-6-7-12-15(18-9)20(14(8-17)19-12)13-5-3-4-11(16)10(13)2/h3-7H,8H2,1-2H3. The first-order valence-corrected chi connectivity index (χ1v) is 7.61. The summed E-state index contributed by atoms with van der Waals surface area (Å²) in [6.07, 6.45) is 0. The Bertz CT molecular complexity index is 795. The number of halogens is 2. The maximum atomic E-state index is 6.06. The number of fused-ring (bicyclic) bond motifs is 1. The number of benzene rings is 1. The van der Waals surface area contributed by atoms with Gasteiger partial charge in [-0.05, 0) is 43.7 Å². The van der Waals surface area contributed by atoms with Crippen LogP contribution in [-0.4, -0.2) is 14.5 Å². The molecule has 3 nitrogen and oxygen atoms in total. The van der Waals surface area contributed by atoms with Crippen LogP contribution in [0.25, 0.3) is 16.9 Å². The van der Waals surface area contributed by atoms with Gasteiger partial charge in [0, 0.05) is 10.2 Å². The molecule has 2 aromatic heterocycles. The Balaban J connectivity index is 2.39. The quantitative estimate of drug-likeness (QED) is 0.635. The van der Waals surface area contributed by atoms with E-state index in [-0.39, 0.29) is 0 Å². The number of alkyl halides is 1. The third kappa shape index (κ3) is 2.13. The number of imidazole rings is 1. The molecule has 102 valence electrons. The van der Waals surface area contributed by atoms with Gasteiger partial charge in [-0.25, -0.2) is 9.97 Å². The zero-order valence-electron chi connectivity index (χ0n) is 11.2. The number of aryl methyl sites for hydroxylation is 1. The summed E-state index contributed by atoms with van der Waals surface area (Å²) in [5, 5.41) is 0. The van der Waals surface area contributed by atoms with Crippen molar-refractivity contribution >= 4 is 38.7 Å². The summed E-state index contributed by atoms with van der Waals surface area (Å²) in [5.41, 5.74) is 4.87. The molecule has 0 bridgehead atoms. The van der Waals surface area contributed by atoms with Crippen molar-refractivity contribution in [3.63, 3.8) is 0 Å². The van der Waals surface area contributed by atoms with Gasteiger partial charge in [0.2, 0.25) is 0 Å². The minimum Gasteiger partial charge on any atom is -0.279 e. The Labute approximate surface area is 130 Å². The van der Waals surface area contributed by atoms with E-state index >= 15 is 0 Å². The van der Waals surface area contributed by atoms with E-state index in [0.717, 1.165) is 38.4 Å². The van der Waals surface area contributed by atoms with Gasteiger partial charge in [-0.2, -0.15) is 0 Å². The molecule has 3 aromatic rings. The molecule has 0 N–H and O–H groups in total. The molecular weight excluding hydrogens is 338 g/mol. The molecule has 20 heavy (non-hydrogen) atoms. The predicted octanol–water partition coefficient (Wildman–Crippen LogP) is 4.54. The number of rotatable bonds is 2. The smallest absolute Gasteiger partial charge is 0.164 e. The Kier molecular flexibility index (Phi) is 3.52. The maximum absolute atomic E-state index is 6.06. The summed E-state index contributed by atoms with van der Waals surface area (Å²) in [4.78, 5) is 9.19. The van der Waals surface area contributed by atoms with Gasteiger partial charge in [0.05, 0.1) is 11.6 Å². The van der Waals surface area contributed by atoms with Crippen LogP contribution in [-0.2, 0) is 5.88 Å². The number of aromatic nitrogens is 3. The lowest BCUT2D eigenvalue weighted by atomic mass is 10.2. The van der Waals surface area contributed by atoms with Crippen molar-refractivity contribution in [3.05, 3.63) is 51.9 Å². The molecule has 0 aliphatic rings. The monoisotopic (exact) mass is 349 g/mol.